The molecule has 1 N–H and O–H groups in total. The normalized spacial score (nSPS) is 30.7. The van der Waals surface area contributed by atoms with E-state index < -0.39 is 0 Å². The van der Waals surface area contributed by atoms with Crippen molar-refractivity contribution in [1.29, 1.82) is 0 Å². The second-order valence-corrected chi connectivity index (χ2v) is 8.48. The van der Waals surface area contributed by atoms with E-state index in [1.54, 1.807) is 11.8 Å². The SMILES string of the molecule is Cc1ccc(SCC(O)C2CCOC3(CCSC3)C2)cc1. The summed E-state index contributed by atoms with van der Waals surface area (Å²) in [5, 5.41) is 10.6. The highest BCUT2D eigenvalue weighted by Gasteiger charge is 2.42. The van der Waals surface area contributed by atoms with Gasteiger partial charge in [0, 0.05) is 23.0 Å². The molecule has 3 unspecified atom stereocenters. The van der Waals surface area contributed by atoms with Crippen LogP contribution >= 0.6 is 23.5 Å². The first kappa shape index (κ1) is 15.7. The summed E-state index contributed by atoms with van der Waals surface area (Å²) in [6.07, 6.45) is 2.98. The third kappa shape index (κ3) is 3.98. The van der Waals surface area contributed by atoms with Gasteiger partial charge in [-0.1, -0.05) is 17.7 Å². The molecule has 3 rings (SSSR count). The summed E-state index contributed by atoms with van der Waals surface area (Å²) in [6, 6.07) is 8.55. The number of ether oxygens (including phenoxy) is 1. The molecule has 2 heterocycles. The largest absolute Gasteiger partial charge is 0.392 e. The number of hydrogen-bond acceptors (Lipinski definition) is 4. The maximum absolute atomic E-state index is 10.6. The molecular weight excluding hydrogens is 300 g/mol. The Balaban J connectivity index is 1.52. The molecule has 3 atom stereocenters. The van der Waals surface area contributed by atoms with Crippen molar-refractivity contribution in [2.45, 2.75) is 42.8 Å². The predicted molar refractivity (Wildman–Crippen MR) is 91.3 cm³/mol. The van der Waals surface area contributed by atoms with Gasteiger partial charge in [0.05, 0.1) is 11.7 Å². The summed E-state index contributed by atoms with van der Waals surface area (Å²) in [5.74, 6) is 3.51. The van der Waals surface area contributed by atoms with E-state index in [1.807, 2.05) is 11.8 Å². The van der Waals surface area contributed by atoms with Crippen LogP contribution in [0.15, 0.2) is 29.2 Å². The Morgan fingerprint density at radius 1 is 1.43 bits per heavy atom. The van der Waals surface area contributed by atoms with Gasteiger partial charge in [0.1, 0.15) is 0 Å². The van der Waals surface area contributed by atoms with Gasteiger partial charge in [0.25, 0.3) is 0 Å². The van der Waals surface area contributed by atoms with E-state index in [9.17, 15) is 5.11 Å². The van der Waals surface area contributed by atoms with E-state index in [4.69, 9.17) is 4.74 Å². The highest BCUT2D eigenvalue weighted by atomic mass is 32.2. The maximum Gasteiger partial charge on any atom is 0.0783 e. The van der Waals surface area contributed by atoms with Gasteiger partial charge in [-0.25, -0.2) is 0 Å². The zero-order valence-corrected chi connectivity index (χ0v) is 14.2. The molecular formula is C17H24O2S2. The lowest BCUT2D eigenvalue weighted by molar-refractivity contribution is -0.0977. The monoisotopic (exact) mass is 324 g/mol. The topological polar surface area (TPSA) is 29.5 Å². The van der Waals surface area contributed by atoms with Crippen molar-refractivity contribution in [3.05, 3.63) is 29.8 Å². The minimum absolute atomic E-state index is 0.0725. The van der Waals surface area contributed by atoms with E-state index >= 15 is 0 Å². The van der Waals surface area contributed by atoms with Gasteiger partial charge < -0.3 is 9.84 Å². The van der Waals surface area contributed by atoms with Crippen molar-refractivity contribution < 1.29 is 9.84 Å². The lowest BCUT2D eigenvalue weighted by atomic mass is 9.83. The molecule has 0 aromatic heterocycles. The van der Waals surface area contributed by atoms with Crippen LogP contribution in [-0.4, -0.2) is 40.7 Å². The minimum atomic E-state index is -0.220. The van der Waals surface area contributed by atoms with Crippen molar-refractivity contribution in [3.8, 4) is 0 Å². The van der Waals surface area contributed by atoms with Crippen LogP contribution in [0.4, 0.5) is 0 Å². The molecule has 1 aromatic rings. The molecule has 0 saturated carbocycles. The predicted octanol–water partition coefficient (Wildman–Crippen LogP) is 3.75. The summed E-state index contributed by atoms with van der Waals surface area (Å²) in [7, 11) is 0. The second kappa shape index (κ2) is 6.95. The van der Waals surface area contributed by atoms with Gasteiger partial charge in [-0.05, 0) is 50.0 Å². The average molecular weight is 325 g/mol. The highest BCUT2D eigenvalue weighted by molar-refractivity contribution is 7.99. The zero-order valence-electron chi connectivity index (χ0n) is 12.6. The summed E-state index contributed by atoms with van der Waals surface area (Å²) in [6.45, 7) is 2.92. The molecule has 2 aliphatic heterocycles. The molecule has 0 bridgehead atoms. The molecule has 0 aliphatic carbocycles. The van der Waals surface area contributed by atoms with Crippen molar-refractivity contribution in [2.75, 3.05) is 23.9 Å². The number of thioether (sulfide) groups is 2. The van der Waals surface area contributed by atoms with Crippen LogP contribution in [0.3, 0.4) is 0 Å². The molecule has 1 spiro atoms. The molecule has 4 heteroatoms. The lowest BCUT2D eigenvalue weighted by Crippen LogP contribution is -2.43. The quantitative estimate of drug-likeness (QED) is 0.854. The van der Waals surface area contributed by atoms with E-state index in [0.717, 1.165) is 37.4 Å². The zero-order chi connectivity index (χ0) is 14.7. The molecule has 0 radical (unpaired) electrons. The first-order valence-electron chi connectivity index (χ1n) is 7.76. The summed E-state index contributed by atoms with van der Waals surface area (Å²) in [4.78, 5) is 1.25. The molecule has 2 saturated heterocycles. The molecule has 0 amide bonds. The number of aliphatic hydroxyl groups is 1. The van der Waals surface area contributed by atoms with Gasteiger partial charge in [0.2, 0.25) is 0 Å². The van der Waals surface area contributed by atoms with Gasteiger partial charge in [-0.3, -0.25) is 0 Å². The van der Waals surface area contributed by atoms with E-state index in [2.05, 4.69) is 31.2 Å². The second-order valence-electron chi connectivity index (χ2n) is 6.28. The van der Waals surface area contributed by atoms with Crippen LogP contribution < -0.4 is 0 Å². The maximum atomic E-state index is 10.6. The first-order chi connectivity index (χ1) is 10.2. The third-order valence-corrected chi connectivity index (χ3v) is 6.92. The van der Waals surface area contributed by atoms with Crippen LogP contribution in [0.5, 0.6) is 0 Å². The van der Waals surface area contributed by atoms with Gasteiger partial charge >= 0.3 is 0 Å². The number of rotatable bonds is 4. The smallest absolute Gasteiger partial charge is 0.0783 e. The van der Waals surface area contributed by atoms with E-state index in [0.29, 0.717) is 5.92 Å². The van der Waals surface area contributed by atoms with Crippen molar-refractivity contribution in [2.24, 2.45) is 5.92 Å². The Morgan fingerprint density at radius 2 is 2.24 bits per heavy atom. The fourth-order valence-corrected chi connectivity index (χ4v) is 5.55. The molecule has 2 fully saturated rings. The minimum Gasteiger partial charge on any atom is -0.392 e. The number of benzene rings is 1. The summed E-state index contributed by atoms with van der Waals surface area (Å²) < 4.78 is 6.04. The van der Waals surface area contributed by atoms with Crippen LogP contribution in [-0.2, 0) is 4.74 Å². The highest BCUT2D eigenvalue weighted by Crippen LogP contribution is 2.41. The lowest BCUT2D eigenvalue weighted by Gasteiger charge is -2.39. The molecule has 2 nitrogen and oxygen atoms in total. The van der Waals surface area contributed by atoms with Gasteiger partial charge in [-0.15, -0.1) is 11.8 Å². The van der Waals surface area contributed by atoms with Crippen molar-refractivity contribution in [3.63, 3.8) is 0 Å². The number of aliphatic hydroxyl groups excluding tert-OH is 1. The van der Waals surface area contributed by atoms with Crippen molar-refractivity contribution in [1.82, 2.24) is 0 Å². The summed E-state index contributed by atoms with van der Waals surface area (Å²) >= 11 is 3.76. The number of aryl methyl sites for hydroxylation is 1. The molecule has 2 aliphatic rings. The third-order valence-electron chi connectivity index (χ3n) is 4.58. The van der Waals surface area contributed by atoms with Gasteiger partial charge in [0.15, 0.2) is 0 Å². The van der Waals surface area contributed by atoms with E-state index in [-0.39, 0.29) is 11.7 Å². The fraction of sp³-hybridized carbons (Fsp3) is 0.647. The first-order valence-corrected chi connectivity index (χ1v) is 9.90. The van der Waals surface area contributed by atoms with Crippen LogP contribution in [0.2, 0.25) is 0 Å². The van der Waals surface area contributed by atoms with Crippen LogP contribution in [0, 0.1) is 12.8 Å². The Labute approximate surface area is 136 Å². The van der Waals surface area contributed by atoms with Crippen molar-refractivity contribution >= 4 is 23.5 Å². The average Bonchev–Trinajstić information content (AvgIpc) is 2.94. The number of hydrogen-bond donors (Lipinski definition) is 1. The molecule has 21 heavy (non-hydrogen) atoms. The Morgan fingerprint density at radius 3 is 2.95 bits per heavy atom. The molecule has 1 aromatic carbocycles. The Kier molecular flexibility index (Phi) is 5.20. The summed E-state index contributed by atoms with van der Waals surface area (Å²) in [5.41, 5.74) is 1.35. The fourth-order valence-electron chi connectivity index (χ4n) is 3.21. The van der Waals surface area contributed by atoms with Gasteiger partial charge in [-0.2, -0.15) is 11.8 Å². The Hall–Kier alpha value is -0.160. The molecule has 116 valence electrons. The Bertz CT molecular complexity index is 454. The van der Waals surface area contributed by atoms with E-state index in [1.165, 1.54) is 16.2 Å². The van der Waals surface area contributed by atoms with Crippen LogP contribution in [0.1, 0.15) is 24.8 Å². The standard InChI is InChI=1S/C17H24O2S2/c1-13-2-4-15(5-3-13)21-11-16(18)14-6-8-19-17(10-14)7-9-20-12-17/h2-5,14,16,18H,6-12H2,1H3. The van der Waals surface area contributed by atoms with Crippen LogP contribution in [0.25, 0.3) is 0 Å².